The van der Waals surface area contributed by atoms with Gasteiger partial charge in [0.15, 0.2) is 0 Å². The molecule has 1 aromatic rings. The predicted octanol–water partition coefficient (Wildman–Crippen LogP) is 3.56. The zero-order chi connectivity index (χ0) is 16.4. The molecule has 2 heterocycles. The molecule has 2 aliphatic heterocycles. The molecule has 3 aliphatic rings. The summed E-state index contributed by atoms with van der Waals surface area (Å²) in [7, 11) is 0. The number of benzene rings is 1. The Balaban J connectivity index is 1.43. The Morgan fingerprint density at radius 2 is 1.75 bits per heavy atom. The third kappa shape index (κ3) is 2.99. The molecule has 1 atom stereocenters. The number of amides is 1. The van der Waals surface area contributed by atoms with Gasteiger partial charge in [0, 0.05) is 19.0 Å². The molecule has 2 saturated heterocycles. The van der Waals surface area contributed by atoms with Crippen molar-refractivity contribution >= 4 is 5.91 Å². The lowest BCUT2D eigenvalue weighted by Gasteiger charge is -2.42. The number of piperidine rings is 1. The number of nitrogens with zero attached hydrogens (tertiary/aromatic N) is 1. The van der Waals surface area contributed by atoms with Gasteiger partial charge >= 0.3 is 0 Å². The van der Waals surface area contributed by atoms with Gasteiger partial charge in [-0.3, -0.25) is 4.79 Å². The van der Waals surface area contributed by atoms with Crippen LogP contribution in [0.4, 0.5) is 0 Å². The summed E-state index contributed by atoms with van der Waals surface area (Å²) in [6.07, 6.45) is 9.13. The van der Waals surface area contributed by atoms with Crippen molar-refractivity contribution in [3.63, 3.8) is 0 Å². The van der Waals surface area contributed by atoms with Crippen molar-refractivity contribution in [2.24, 2.45) is 11.3 Å². The summed E-state index contributed by atoms with van der Waals surface area (Å²) >= 11 is 0. The molecule has 4 rings (SSSR count). The zero-order valence-corrected chi connectivity index (χ0v) is 14.7. The molecule has 3 nitrogen and oxygen atoms in total. The van der Waals surface area contributed by atoms with Crippen molar-refractivity contribution in [3.8, 4) is 0 Å². The molecule has 1 aromatic carbocycles. The van der Waals surface area contributed by atoms with Gasteiger partial charge in [-0.05, 0) is 50.3 Å². The van der Waals surface area contributed by atoms with Crippen LogP contribution in [0.25, 0.3) is 0 Å². The highest BCUT2D eigenvalue weighted by molar-refractivity contribution is 5.86. The molecular formula is C21H30N2O. The highest BCUT2D eigenvalue weighted by Crippen LogP contribution is 2.47. The number of carbonyl (C=O) groups excluding carboxylic acids is 1. The van der Waals surface area contributed by atoms with Crippen LogP contribution < -0.4 is 5.32 Å². The fourth-order valence-corrected chi connectivity index (χ4v) is 5.29. The molecule has 24 heavy (non-hydrogen) atoms. The standard InChI is InChI=1S/C21H30N2O/c24-20-21(19(15-22-20)18-9-5-2-6-10-18)11-13-23(14-12-21)16-17-7-3-1-4-8-17/h2,5-6,9-10,17,19H,1,3-4,7-8,11-16H2,(H,22,24). The van der Waals surface area contributed by atoms with Gasteiger partial charge in [0.25, 0.3) is 0 Å². The summed E-state index contributed by atoms with van der Waals surface area (Å²) in [6.45, 7) is 4.25. The van der Waals surface area contributed by atoms with Gasteiger partial charge < -0.3 is 10.2 Å². The van der Waals surface area contributed by atoms with Crippen molar-refractivity contribution < 1.29 is 4.79 Å². The van der Waals surface area contributed by atoms with Gasteiger partial charge in [-0.2, -0.15) is 0 Å². The monoisotopic (exact) mass is 326 g/mol. The van der Waals surface area contributed by atoms with Gasteiger partial charge in [0.2, 0.25) is 5.91 Å². The first-order valence-electron chi connectivity index (χ1n) is 9.83. The van der Waals surface area contributed by atoms with Crippen LogP contribution in [0.1, 0.15) is 56.4 Å². The summed E-state index contributed by atoms with van der Waals surface area (Å²) in [5, 5.41) is 3.17. The van der Waals surface area contributed by atoms with Crippen molar-refractivity contribution in [2.45, 2.75) is 50.9 Å². The average molecular weight is 326 g/mol. The van der Waals surface area contributed by atoms with Crippen LogP contribution in [0.15, 0.2) is 30.3 Å². The van der Waals surface area contributed by atoms with Crippen LogP contribution in [-0.4, -0.2) is 37.0 Å². The molecule has 3 fully saturated rings. The largest absolute Gasteiger partial charge is 0.355 e. The normalized spacial score (nSPS) is 28.2. The Morgan fingerprint density at radius 3 is 2.46 bits per heavy atom. The second-order valence-electron chi connectivity index (χ2n) is 8.13. The van der Waals surface area contributed by atoms with E-state index in [-0.39, 0.29) is 5.41 Å². The van der Waals surface area contributed by atoms with Crippen molar-refractivity contribution in [1.82, 2.24) is 10.2 Å². The summed E-state index contributed by atoms with van der Waals surface area (Å²) in [4.78, 5) is 15.3. The topological polar surface area (TPSA) is 32.3 Å². The Morgan fingerprint density at radius 1 is 1.04 bits per heavy atom. The lowest BCUT2D eigenvalue weighted by atomic mass is 9.68. The van der Waals surface area contributed by atoms with E-state index < -0.39 is 0 Å². The molecule has 1 N–H and O–H groups in total. The minimum absolute atomic E-state index is 0.162. The molecule has 1 unspecified atom stereocenters. The minimum atomic E-state index is -0.162. The van der Waals surface area contributed by atoms with Crippen LogP contribution >= 0.6 is 0 Å². The van der Waals surface area contributed by atoms with E-state index in [4.69, 9.17) is 0 Å². The summed E-state index contributed by atoms with van der Waals surface area (Å²) in [5.41, 5.74) is 1.17. The quantitative estimate of drug-likeness (QED) is 0.921. The first-order chi connectivity index (χ1) is 11.8. The van der Waals surface area contributed by atoms with Crippen LogP contribution in [-0.2, 0) is 4.79 Å². The summed E-state index contributed by atoms with van der Waals surface area (Å²) in [5.74, 6) is 1.55. The van der Waals surface area contributed by atoms with E-state index in [2.05, 4.69) is 40.5 Å². The highest BCUT2D eigenvalue weighted by atomic mass is 16.2. The Bertz CT molecular complexity index is 556. The number of hydrogen-bond acceptors (Lipinski definition) is 2. The fraction of sp³-hybridized carbons (Fsp3) is 0.667. The lowest BCUT2D eigenvalue weighted by molar-refractivity contribution is -0.130. The molecule has 130 valence electrons. The molecular weight excluding hydrogens is 296 g/mol. The molecule has 1 spiro atoms. The summed E-state index contributed by atoms with van der Waals surface area (Å²) < 4.78 is 0. The molecule has 0 aromatic heterocycles. The Kier molecular flexibility index (Phi) is 4.62. The number of likely N-dealkylation sites (tertiary alicyclic amines) is 1. The van der Waals surface area contributed by atoms with Crippen LogP contribution in [0.3, 0.4) is 0 Å². The van der Waals surface area contributed by atoms with Crippen molar-refractivity contribution in [2.75, 3.05) is 26.2 Å². The van der Waals surface area contributed by atoms with E-state index in [0.717, 1.165) is 38.4 Å². The predicted molar refractivity (Wildman–Crippen MR) is 96.9 cm³/mol. The van der Waals surface area contributed by atoms with Crippen LogP contribution in [0, 0.1) is 11.3 Å². The van der Waals surface area contributed by atoms with E-state index in [9.17, 15) is 4.79 Å². The average Bonchev–Trinajstić information content (AvgIpc) is 2.95. The number of carbonyl (C=O) groups is 1. The fourth-order valence-electron chi connectivity index (χ4n) is 5.29. The Hall–Kier alpha value is -1.35. The third-order valence-corrected chi connectivity index (χ3v) is 6.78. The van der Waals surface area contributed by atoms with Crippen LogP contribution in [0.2, 0.25) is 0 Å². The van der Waals surface area contributed by atoms with E-state index in [1.807, 2.05) is 0 Å². The molecule has 1 aliphatic carbocycles. The van der Waals surface area contributed by atoms with Gasteiger partial charge in [-0.1, -0.05) is 49.6 Å². The van der Waals surface area contributed by atoms with E-state index in [0.29, 0.717) is 11.8 Å². The van der Waals surface area contributed by atoms with Crippen LogP contribution in [0.5, 0.6) is 0 Å². The van der Waals surface area contributed by atoms with Crippen molar-refractivity contribution in [3.05, 3.63) is 35.9 Å². The first-order valence-corrected chi connectivity index (χ1v) is 9.83. The van der Waals surface area contributed by atoms with Gasteiger partial charge in [0.05, 0.1) is 5.41 Å². The van der Waals surface area contributed by atoms with E-state index in [1.165, 1.54) is 44.2 Å². The van der Waals surface area contributed by atoms with Gasteiger partial charge in [-0.15, -0.1) is 0 Å². The number of hydrogen-bond donors (Lipinski definition) is 1. The van der Waals surface area contributed by atoms with Gasteiger partial charge in [0.1, 0.15) is 0 Å². The second-order valence-corrected chi connectivity index (χ2v) is 8.13. The zero-order valence-electron chi connectivity index (χ0n) is 14.7. The smallest absolute Gasteiger partial charge is 0.227 e. The maximum absolute atomic E-state index is 12.7. The molecule has 0 radical (unpaired) electrons. The maximum atomic E-state index is 12.7. The molecule has 1 saturated carbocycles. The number of rotatable bonds is 3. The molecule has 3 heteroatoms. The highest BCUT2D eigenvalue weighted by Gasteiger charge is 2.51. The van der Waals surface area contributed by atoms with Crippen molar-refractivity contribution in [1.29, 1.82) is 0 Å². The van der Waals surface area contributed by atoms with E-state index >= 15 is 0 Å². The van der Waals surface area contributed by atoms with Gasteiger partial charge in [-0.25, -0.2) is 0 Å². The summed E-state index contributed by atoms with van der Waals surface area (Å²) in [6, 6.07) is 10.7. The number of nitrogens with one attached hydrogen (secondary N) is 1. The molecule has 1 amide bonds. The third-order valence-electron chi connectivity index (χ3n) is 6.78. The van der Waals surface area contributed by atoms with E-state index in [1.54, 1.807) is 0 Å². The maximum Gasteiger partial charge on any atom is 0.227 e. The second kappa shape index (κ2) is 6.87. The SMILES string of the molecule is O=C1NCC(c2ccccc2)C12CCN(CC1CCCCC1)CC2. The Labute approximate surface area is 145 Å². The lowest BCUT2D eigenvalue weighted by Crippen LogP contribution is -2.47. The first kappa shape index (κ1) is 16.1. The molecule has 0 bridgehead atoms. The minimum Gasteiger partial charge on any atom is -0.355 e.